The van der Waals surface area contributed by atoms with E-state index in [0.717, 1.165) is 15.9 Å². The van der Waals surface area contributed by atoms with Crippen LogP contribution in [0.3, 0.4) is 0 Å². The molecule has 1 atom stereocenters. The van der Waals surface area contributed by atoms with Gasteiger partial charge in [-0.15, -0.1) is 11.3 Å². The van der Waals surface area contributed by atoms with Gasteiger partial charge in [0, 0.05) is 14.9 Å². The van der Waals surface area contributed by atoms with E-state index in [0.29, 0.717) is 10.6 Å². The van der Waals surface area contributed by atoms with Crippen molar-refractivity contribution in [3.63, 3.8) is 0 Å². The molecule has 18 heavy (non-hydrogen) atoms. The molecule has 0 saturated heterocycles. The molecule has 1 aromatic heterocycles. The lowest BCUT2D eigenvalue weighted by Gasteiger charge is -2.19. The third-order valence-electron chi connectivity index (χ3n) is 2.60. The molecule has 2 rings (SSSR count). The van der Waals surface area contributed by atoms with Crippen molar-refractivity contribution in [2.45, 2.75) is 13.0 Å². The Hall–Kier alpha value is -0.420. The maximum atomic E-state index is 14.0. The maximum absolute atomic E-state index is 14.0. The van der Waals surface area contributed by atoms with E-state index in [1.807, 2.05) is 24.4 Å². The van der Waals surface area contributed by atoms with Crippen molar-refractivity contribution in [2.75, 3.05) is 6.54 Å². The molecule has 5 heteroatoms. The molecule has 2 aromatic rings. The second-order valence-corrected chi connectivity index (χ2v) is 5.97. The Kier molecular flexibility index (Phi) is 4.78. The lowest BCUT2D eigenvalue weighted by molar-refractivity contribution is 0.561. The Labute approximate surface area is 123 Å². The van der Waals surface area contributed by atoms with E-state index in [1.54, 1.807) is 6.07 Å². The van der Waals surface area contributed by atoms with Crippen LogP contribution in [0.2, 0.25) is 5.02 Å². The van der Waals surface area contributed by atoms with E-state index in [1.165, 1.54) is 17.4 Å². The molecule has 1 unspecified atom stereocenters. The molecule has 1 N–H and O–H groups in total. The van der Waals surface area contributed by atoms with Gasteiger partial charge < -0.3 is 5.32 Å². The largest absolute Gasteiger partial charge is 0.306 e. The van der Waals surface area contributed by atoms with Crippen molar-refractivity contribution in [3.8, 4) is 0 Å². The third-order valence-corrected chi connectivity index (χ3v) is 4.72. The van der Waals surface area contributed by atoms with Gasteiger partial charge in [-0.05, 0) is 30.1 Å². The number of benzene rings is 1. The molecule has 1 aromatic carbocycles. The zero-order chi connectivity index (χ0) is 13.1. The van der Waals surface area contributed by atoms with Gasteiger partial charge in [-0.1, -0.05) is 40.5 Å². The van der Waals surface area contributed by atoms with Gasteiger partial charge in [0.05, 0.1) is 11.1 Å². The van der Waals surface area contributed by atoms with Crippen LogP contribution < -0.4 is 5.32 Å². The second-order valence-electron chi connectivity index (χ2n) is 3.76. The molecule has 0 aliphatic carbocycles. The molecule has 1 heterocycles. The first-order chi connectivity index (χ1) is 8.65. The van der Waals surface area contributed by atoms with Crippen LogP contribution in [0.5, 0.6) is 0 Å². The summed E-state index contributed by atoms with van der Waals surface area (Å²) in [5.74, 6) is -0.236. The Bertz CT molecular complexity index is 523. The van der Waals surface area contributed by atoms with E-state index in [9.17, 15) is 4.39 Å². The van der Waals surface area contributed by atoms with Crippen molar-refractivity contribution in [1.29, 1.82) is 0 Å². The van der Waals surface area contributed by atoms with Gasteiger partial charge in [0.25, 0.3) is 0 Å². The topological polar surface area (TPSA) is 12.0 Å². The van der Waals surface area contributed by atoms with Gasteiger partial charge in [-0.3, -0.25) is 0 Å². The molecule has 0 bridgehead atoms. The van der Waals surface area contributed by atoms with Crippen LogP contribution >= 0.6 is 38.9 Å². The summed E-state index contributed by atoms with van der Waals surface area (Å²) in [6, 6.07) is 6.59. The van der Waals surface area contributed by atoms with Crippen LogP contribution in [0.15, 0.2) is 34.1 Å². The molecular weight excluding hydrogens is 337 g/mol. The first-order valence-corrected chi connectivity index (χ1v) is 7.60. The summed E-state index contributed by atoms with van der Waals surface area (Å²) < 4.78 is 14.8. The fourth-order valence-corrected chi connectivity index (χ4v) is 3.65. The highest BCUT2D eigenvalue weighted by atomic mass is 79.9. The SMILES string of the molecule is CCNC(c1sccc1Cl)c1c(F)cccc1Br. The smallest absolute Gasteiger partial charge is 0.129 e. The molecule has 0 radical (unpaired) electrons. The number of halogens is 3. The molecule has 0 aliphatic rings. The number of hydrogen-bond acceptors (Lipinski definition) is 2. The summed E-state index contributed by atoms with van der Waals surface area (Å²) in [6.07, 6.45) is 0. The zero-order valence-corrected chi connectivity index (χ0v) is 12.9. The van der Waals surface area contributed by atoms with E-state index < -0.39 is 0 Å². The Morgan fingerprint density at radius 1 is 1.44 bits per heavy atom. The van der Waals surface area contributed by atoms with Crippen LogP contribution in [0.4, 0.5) is 4.39 Å². The fraction of sp³-hybridized carbons (Fsp3) is 0.231. The minimum atomic E-state index is -0.236. The highest BCUT2D eigenvalue weighted by molar-refractivity contribution is 9.10. The van der Waals surface area contributed by atoms with Gasteiger partial charge in [-0.25, -0.2) is 4.39 Å². The molecule has 1 nitrogen and oxygen atoms in total. The van der Waals surface area contributed by atoms with Crippen molar-refractivity contribution in [1.82, 2.24) is 5.32 Å². The highest BCUT2D eigenvalue weighted by Gasteiger charge is 2.22. The molecule has 0 amide bonds. The Morgan fingerprint density at radius 3 is 2.78 bits per heavy atom. The van der Waals surface area contributed by atoms with Crippen molar-refractivity contribution < 1.29 is 4.39 Å². The Morgan fingerprint density at radius 2 is 2.22 bits per heavy atom. The molecule has 0 fully saturated rings. The molecule has 0 aliphatic heterocycles. The number of thiophene rings is 1. The average Bonchev–Trinajstić information content (AvgIpc) is 2.74. The predicted molar refractivity (Wildman–Crippen MR) is 78.9 cm³/mol. The fourth-order valence-electron chi connectivity index (χ4n) is 1.83. The number of nitrogens with one attached hydrogen (secondary N) is 1. The molecule has 0 saturated carbocycles. The minimum Gasteiger partial charge on any atom is -0.306 e. The highest BCUT2D eigenvalue weighted by Crippen LogP contribution is 2.37. The zero-order valence-electron chi connectivity index (χ0n) is 9.71. The number of hydrogen-bond donors (Lipinski definition) is 1. The van der Waals surface area contributed by atoms with Crippen LogP contribution in [-0.2, 0) is 0 Å². The standard InChI is InChI=1S/C13H12BrClFNS/c1-2-17-12(13-9(15)6-7-18-13)11-8(14)4-3-5-10(11)16/h3-7,12,17H,2H2,1H3. The minimum absolute atomic E-state index is 0.224. The quantitative estimate of drug-likeness (QED) is 0.819. The first kappa shape index (κ1) is 14.0. The molecule has 0 spiro atoms. The van der Waals surface area contributed by atoms with Gasteiger partial charge in [0.2, 0.25) is 0 Å². The van der Waals surface area contributed by atoms with Crippen molar-refractivity contribution in [3.05, 3.63) is 55.4 Å². The normalized spacial score (nSPS) is 12.7. The van der Waals surface area contributed by atoms with Gasteiger partial charge >= 0.3 is 0 Å². The molecular formula is C13H12BrClFNS. The van der Waals surface area contributed by atoms with Crippen LogP contribution in [0, 0.1) is 5.82 Å². The van der Waals surface area contributed by atoms with Gasteiger partial charge in [-0.2, -0.15) is 0 Å². The third kappa shape index (κ3) is 2.77. The lowest BCUT2D eigenvalue weighted by Crippen LogP contribution is -2.22. The summed E-state index contributed by atoms with van der Waals surface area (Å²) in [4.78, 5) is 0.935. The van der Waals surface area contributed by atoms with Crippen LogP contribution in [0.25, 0.3) is 0 Å². The summed E-state index contributed by atoms with van der Waals surface area (Å²) in [5.41, 5.74) is 0.601. The summed E-state index contributed by atoms with van der Waals surface area (Å²) in [7, 11) is 0. The van der Waals surface area contributed by atoms with Crippen LogP contribution in [0.1, 0.15) is 23.4 Å². The maximum Gasteiger partial charge on any atom is 0.129 e. The van der Waals surface area contributed by atoms with E-state index in [2.05, 4.69) is 21.2 Å². The predicted octanol–water partition coefficient (Wildman–Crippen LogP) is 5.00. The number of rotatable bonds is 4. The second kappa shape index (κ2) is 6.15. The summed E-state index contributed by atoms with van der Waals surface area (Å²) >= 11 is 11.1. The van der Waals surface area contributed by atoms with Gasteiger partial charge in [0.1, 0.15) is 5.82 Å². The average molecular weight is 349 g/mol. The lowest BCUT2D eigenvalue weighted by atomic mass is 10.0. The van der Waals surface area contributed by atoms with Crippen molar-refractivity contribution >= 4 is 38.9 Å². The van der Waals surface area contributed by atoms with Gasteiger partial charge in [0.15, 0.2) is 0 Å². The van der Waals surface area contributed by atoms with Crippen LogP contribution in [-0.4, -0.2) is 6.54 Å². The Balaban J connectivity index is 2.52. The van der Waals surface area contributed by atoms with Crippen molar-refractivity contribution in [2.24, 2.45) is 0 Å². The van der Waals surface area contributed by atoms with E-state index >= 15 is 0 Å². The first-order valence-electron chi connectivity index (χ1n) is 5.55. The summed E-state index contributed by atoms with van der Waals surface area (Å²) in [5, 5.41) is 5.86. The van der Waals surface area contributed by atoms with E-state index in [-0.39, 0.29) is 11.9 Å². The van der Waals surface area contributed by atoms with E-state index in [4.69, 9.17) is 11.6 Å². The summed E-state index contributed by atoms with van der Waals surface area (Å²) in [6.45, 7) is 2.73. The monoisotopic (exact) mass is 347 g/mol. The molecule has 96 valence electrons.